The summed E-state index contributed by atoms with van der Waals surface area (Å²) >= 11 is 1.86. The molecule has 0 unspecified atom stereocenters. The lowest BCUT2D eigenvalue weighted by Crippen LogP contribution is -2.03. The van der Waals surface area contributed by atoms with Gasteiger partial charge >= 0.3 is 0 Å². The molecule has 0 saturated carbocycles. The third-order valence-electron chi connectivity index (χ3n) is 1.80. The Labute approximate surface area is 89.3 Å². The molecule has 1 aromatic heterocycles. The van der Waals surface area contributed by atoms with Crippen molar-refractivity contribution in [1.82, 2.24) is 4.98 Å². The molecule has 0 bridgehead atoms. The average Bonchev–Trinajstić information content (AvgIpc) is 2.25. The van der Waals surface area contributed by atoms with Crippen LogP contribution in [0.3, 0.4) is 0 Å². The molecule has 1 heterocycles. The van der Waals surface area contributed by atoms with Crippen LogP contribution in [0.25, 0.3) is 0 Å². The Balaban J connectivity index is 2.29. The van der Waals surface area contributed by atoms with Crippen molar-refractivity contribution < 1.29 is 4.74 Å². The second-order valence-electron chi connectivity index (χ2n) is 2.86. The van der Waals surface area contributed by atoms with Crippen LogP contribution < -0.4 is 10.1 Å². The first kappa shape index (κ1) is 11.2. The third kappa shape index (κ3) is 3.87. The highest BCUT2D eigenvalue weighted by molar-refractivity contribution is 7.98. The van der Waals surface area contributed by atoms with E-state index in [1.807, 2.05) is 23.9 Å². The van der Waals surface area contributed by atoms with Gasteiger partial charge in [-0.1, -0.05) is 0 Å². The second kappa shape index (κ2) is 6.54. The highest BCUT2D eigenvalue weighted by atomic mass is 32.2. The van der Waals surface area contributed by atoms with Crippen LogP contribution in [0.15, 0.2) is 18.3 Å². The van der Waals surface area contributed by atoms with Gasteiger partial charge in [-0.3, -0.25) is 0 Å². The van der Waals surface area contributed by atoms with Crippen LogP contribution in [-0.2, 0) is 0 Å². The van der Waals surface area contributed by atoms with Gasteiger partial charge in [-0.25, -0.2) is 4.98 Å². The fourth-order valence-electron chi connectivity index (χ4n) is 1.04. The van der Waals surface area contributed by atoms with Gasteiger partial charge in [0.2, 0.25) is 0 Å². The van der Waals surface area contributed by atoms with Gasteiger partial charge in [0.25, 0.3) is 0 Å². The number of methoxy groups -OCH3 is 1. The Morgan fingerprint density at radius 2 is 2.36 bits per heavy atom. The molecule has 0 aliphatic heterocycles. The predicted octanol–water partition coefficient (Wildman–Crippen LogP) is 2.26. The van der Waals surface area contributed by atoms with Gasteiger partial charge in [0, 0.05) is 6.54 Å². The van der Waals surface area contributed by atoms with Gasteiger partial charge in [-0.15, -0.1) is 0 Å². The number of aromatic nitrogens is 1. The molecule has 4 heteroatoms. The monoisotopic (exact) mass is 212 g/mol. The number of hydrogen-bond donors (Lipinski definition) is 1. The van der Waals surface area contributed by atoms with E-state index in [0.29, 0.717) is 0 Å². The lowest BCUT2D eigenvalue weighted by atomic mass is 10.4. The van der Waals surface area contributed by atoms with Crippen molar-refractivity contribution in [3.63, 3.8) is 0 Å². The first-order valence-electron chi connectivity index (χ1n) is 4.59. The zero-order valence-corrected chi connectivity index (χ0v) is 9.43. The van der Waals surface area contributed by atoms with E-state index in [2.05, 4.69) is 16.6 Å². The van der Waals surface area contributed by atoms with E-state index < -0.39 is 0 Å². The summed E-state index contributed by atoms with van der Waals surface area (Å²) in [7, 11) is 1.64. The lowest BCUT2D eigenvalue weighted by molar-refractivity contribution is 0.413. The van der Waals surface area contributed by atoms with E-state index in [9.17, 15) is 0 Å². The summed E-state index contributed by atoms with van der Waals surface area (Å²) < 4.78 is 5.02. The van der Waals surface area contributed by atoms with Crippen molar-refractivity contribution >= 4 is 17.6 Å². The molecule has 1 N–H and O–H groups in total. The Kier molecular flexibility index (Phi) is 5.22. The molecule has 0 fully saturated rings. The Morgan fingerprint density at radius 1 is 1.50 bits per heavy atom. The second-order valence-corrected chi connectivity index (χ2v) is 3.84. The molecular formula is C10H16N2OS. The Bertz CT molecular complexity index is 251. The molecule has 0 aliphatic carbocycles. The summed E-state index contributed by atoms with van der Waals surface area (Å²) in [5, 5.41) is 3.25. The predicted molar refractivity (Wildman–Crippen MR) is 62.3 cm³/mol. The number of thioether (sulfide) groups is 1. The maximum atomic E-state index is 5.02. The van der Waals surface area contributed by atoms with Gasteiger partial charge < -0.3 is 10.1 Å². The van der Waals surface area contributed by atoms with Gasteiger partial charge in [0.1, 0.15) is 11.6 Å². The van der Waals surface area contributed by atoms with E-state index in [1.165, 1.54) is 5.75 Å². The van der Waals surface area contributed by atoms with Crippen LogP contribution in [-0.4, -0.2) is 30.6 Å². The fourth-order valence-corrected chi connectivity index (χ4v) is 1.47. The summed E-state index contributed by atoms with van der Waals surface area (Å²) in [5.41, 5.74) is 0. The van der Waals surface area contributed by atoms with Crippen LogP contribution in [0.2, 0.25) is 0 Å². The number of nitrogens with zero attached hydrogens (tertiary/aromatic N) is 1. The molecule has 0 spiro atoms. The average molecular weight is 212 g/mol. The van der Waals surface area contributed by atoms with E-state index in [-0.39, 0.29) is 0 Å². The van der Waals surface area contributed by atoms with Crippen molar-refractivity contribution in [3.05, 3.63) is 18.3 Å². The molecule has 0 atom stereocenters. The minimum absolute atomic E-state index is 0.791. The molecule has 0 amide bonds. The number of nitrogens with one attached hydrogen (secondary N) is 1. The topological polar surface area (TPSA) is 34.1 Å². The van der Waals surface area contributed by atoms with Crippen LogP contribution >= 0.6 is 11.8 Å². The lowest BCUT2D eigenvalue weighted by Gasteiger charge is -2.05. The molecule has 1 rings (SSSR count). The highest BCUT2D eigenvalue weighted by Gasteiger charge is 1.94. The minimum atomic E-state index is 0.791. The summed E-state index contributed by atoms with van der Waals surface area (Å²) in [5.74, 6) is 2.88. The molecular weight excluding hydrogens is 196 g/mol. The van der Waals surface area contributed by atoms with Crippen LogP contribution in [0.5, 0.6) is 5.75 Å². The standard InChI is InChI=1S/C10H16N2OS/c1-13-9-4-5-10(12-8-9)11-6-3-7-14-2/h4-5,8H,3,6-7H2,1-2H3,(H,11,12). The fraction of sp³-hybridized carbons (Fsp3) is 0.500. The quantitative estimate of drug-likeness (QED) is 0.733. The normalized spacial score (nSPS) is 9.86. The molecule has 0 radical (unpaired) electrons. The zero-order chi connectivity index (χ0) is 10.2. The van der Waals surface area contributed by atoms with Crippen molar-refractivity contribution in [2.75, 3.05) is 31.0 Å². The Hall–Kier alpha value is -0.900. The summed E-state index contributed by atoms with van der Waals surface area (Å²) in [4.78, 5) is 4.20. The van der Waals surface area contributed by atoms with Gasteiger partial charge in [-0.2, -0.15) is 11.8 Å². The number of rotatable bonds is 6. The number of anilines is 1. The summed E-state index contributed by atoms with van der Waals surface area (Å²) in [6.45, 7) is 0.972. The third-order valence-corrected chi connectivity index (χ3v) is 2.50. The molecule has 0 aliphatic rings. The van der Waals surface area contributed by atoms with Gasteiger partial charge in [0.05, 0.1) is 13.3 Å². The molecule has 0 aromatic carbocycles. The van der Waals surface area contributed by atoms with Crippen molar-refractivity contribution in [2.45, 2.75) is 6.42 Å². The highest BCUT2D eigenvalue weighted by Crippen LogP contribution is 2.10. The van der Waals surface area contributed by atoms with Crippen molar-refractivity contribution in [3.8, 4) is 5.75 Å². The minimum Gasteiger partial charge on any atom is -0.495 e. The van der Waals surface area contributed by atoms with Gasteiger partial charge in [0.15, 0.2) is 0 Å². The van der Waals surface area contributed by atoms with E-state index >= 15 is 0 Å². The summed E-state index contributed by atoms with van der Waals surface area (Å²) in [6.07, 6.45) is 5.00. The van der Waals surface area contributed by atoms with Crippen molar-refractivity contribution in [1.29, 1.82) is 0 Å². The van der Waals surface area contributed by atoms with Crippen molar-refractivity contribution in [2.24, 2.45) is 0 Å². The van der Waals surface area contributed by atoms with E-state index in [4.69, 9.17) is 4.74 Å². The van der Waals surface area contributed by atoms with E-state index in [0.717, 1.165) is 24.5 Å². The Morgan fingerprint density at radius 3 is 2.93 bits per heavy atom. The molecule has 78 valence electrons. The zero-order valence-electron chi connectivity index (χ0n) is 8.62. The van der Waals surface area contributed by atoms with Crippen LogP contribution in [0, 0.1) is 0 Å². The maximum Gasteiger partial charge on any atom is 0.137 e. The van der Waals surface area contributed by atoms with Gasteiger partial charge in [-0.05, 0) is 30.6 Å². The molecule has 1 aromatic rings. The molecule has 14 heavy (non-hydrogen) atoms. The summed E-state index contributed by atoms with van der Waals surface area (Å²) in [6, 6.07) is 3.84. The van der Waals surface area contributed by atoms with E-state index in [1.54, 1.807) is 13.3 Å². The SMILES string of the molecule is COc1ccc(NCCCSC)nc1. The van der Waals surface area contributed by atoms with Crippen LogP contribution in [0.4, 0.5) is 5.82 Å². The first-order valence-corrected chi connectivity index (χ1v) is 5.99. The molecule has 0 saturated heterocycles. The number of hydrogen-bond acceptors (Lipinski definition) is 4. The number of pyridine rings is 1. The smallest absolute Gasteiger partial charge is 0.137 e. The maximum absolute atomic E-state index is 5.02. The first-order chi connectivity index (χ1) is 6.86. The molecule has 3 nitrogen and oxygen atoms in total. The number of ether oxygens (including phenoxy) is 1. The largest absolute Gasteiger partial charge is 0.495 e. The van der Waals surface area contributed by atoms with Crippen LogP contribution in [0.1, 0.15) is 6.42 Å².